The van der Waals surface area contributed by atoms with E-state index in [0.717, 1.165) is 27.8 Å². The van der Waals surface area contributed by atoms with E-state index in [1.807, 2.05) is 19.3 Å². The number of methoxy groups -OCH3 is 1. The number of pyridine rings is 1. The standard InChI is InChI=1S/C13H18N4OS/c1-17(8-10-4-3-5-15-7-10)13-16-11(9-18-2)12(6-14)19-13/h3-5,7H,6,8-9,14H2,1-2H3. The highest BCUT2D eigenvalue weighted by Gasteiger charge is 2.13. The van der Waals surface area contributed by atoms with Crippen molar-refractivity contribution < 1.29 is 4.74 Å². The summed E-state index contributed by atoms with van der Waals surface area (Å²) >= 11 is 1.62. The molecule has 0 radical (unpaired) electrons. The number of hydrogen-bond acceptors (Lipinski definition) is 6. The first-order valence-electron chi connectivity index (χ1n) is 6.02. The van der Waals surface area contributed by atoms with Crippen molar-refractivity contribution in [2.45, 2.75) is 19.7 Å². The van der Waals surface area contributed by atoms with Crippen LogP contribution in [-0.2, 0) is 24.4 Å². The molecule has 0 unspecified atom stereocenters. The molecule has 0 saturated heterocycles. The van der Waals surface area contributed by atoms with Gasteiger partial charge in [-0.1, -0.05) is 6.07 Å². The van der Waals surface area contributed by atoms with Gasteiger partial charge in [-0.25, -0.2) is 4.98 Å². The summed E-state index contributed by atoms with van der Waals surface area (Å²) < 4.78 is 5.14. The summed E-state index contributed by atoms with van der Waals surface area (Å²) in [5.41, 5.74) is 7.82. The van der Waals surface area contributed by atoms with Crippen LogP contribution in [0.25, 0.3) is 0 Å². The quantitative estimate of drug-likeness (QED) is 0.872. The lowest BCUT2D eigenvalue weighted by molar-refractivity contribution is 0.181. The van der Waals surface area contributed by atoms with Gasteiger partial charge in [0.2, 0.25) is 0 Å². The minimum atomic E-state index is 0.497. The second-order valence-corrected chi connectivity index (χ2v) is 5.28. The molecule has 0 aliphatic heterocycles. The molecule has 2 heterocycles. The van der Waals surface area contributed by atoms with E-state index in [1.54, 1.807) is 24.6 Å². The van der Waals surface area contributed by atoms with Crippen LogP contribution in [0.1, 0.15) is 16.1 Å². The van der Waals surface area contributed by atoms with Crippen LogP contribution in [0.15, 0.2) is 24.5 Å². The van der Waals surface area contributed by atoms with E-state index in [9.17, 15) is 0 Å². The molecule has 0 fully saturated rings. The van der Waals surface area contributed by atoms with Crippen LogP contribution in [0, 0.1) is 0 Å². The maximum absolute atomic E-state index is 5.73. The summed E-state index contributed by atoms with van der Waals surface area (Å²) in [6.07, 6.45) is 3.64. The van der Waals surface area contributed by atoms with E-state index < -0.39 is 0 Å². The minimum Gasteiger partial charge on any atom is -0.378 e. The molecule has 5 nitrogen and oxygen atoms in total. The summed E-state index contributed by atoms with van der Waals surface area (Å²) in [5, 5.41) is 0.955. The Kier molecular flexibility index (Phi) is 4.84. The summed E-state index contributed by atoms with van der Waals surface area (Å²) in [6, 6.07) is 3.99. The van der Waals surface area contributed by atoms with Crippen LogP contribution in [0.5, 0.6) is 0 Å². The summed E-state index contributed by atoms with van der Waals surface area (Å²) in [6.45, 7) is 1.78. The molecule has 2 N–H and O–H groups in total. The minimum absolute atomic E-state index is 0.497. The molecular formula is C13H18N4OS. The second kappa shape index (κ2) is 6.60. The predicted octanol–water partition coefficient (Wildman–Crippen LogP) is 1.78. The Labute approximate surface area is 117 Å². The Balaban J connectivity index is 2.12. The second-order valence-electron chi connectivity index (χ2n) is 4.22. The highest BCUT2D eigenvalue weighted by atomic mass is 32.1. The zero-order valence-electron chi connectivity index (χ0n) is 11.2. The third-order valence-corrected chi connectivity index (χ3v) is 3.94. The third-order valence-electron chi connectivity index (χ3n) is 2.70. The topological polar surface area (TPSA) is 64.3 Å². The molecule has 102 valence electrons. The number of ether oxygens (including phenoxy) is 1. The van der Waals surface area contributed by atoms with Gasteiger partial charge in [-0.05, 0) is 11.6 Å². The van der Waals surface area contributed by atoms with E-state index in [4.69, 9.17) is 10.5 Å². The Morgan fingerprint density at radius 3 is 2.95 bits per heavy atom. The molecule has 0 spiro atoms. The van der Waals surface area contributed by atoms with E-state index in [1.165, 1.54) is 0 Å². The van der Waals surface area contributed by atoms with Crippen molar-refractivity contribution in [1.82, 2.24) is 9.97 Å². The largest absolute Gasteiger partial charge is 0.378 e. The number of aromatic nitrogens is 2. The average Bonchev–Trinajstić information content (AvgIpc) is 2.83. The summed E-state index contributed by atoms with van der Waals surface area (Å²) in [7, 11) is 3.68. The van der Waals surface area contributed by atoms with Gasteiger partial charge >= 0.3 is 0 Å². The normalized spacial score (nSPS) is 10.7. The molecule has 2 aromatic rings. The Hall–Kier alpha value is -1.50. The lowest BCUT2D eigenvalue weighted by atomic mass is 10.3. The molecule has 0 atom stereocenters. The summed E-state index contributed by atoms with van der Waals surface area (Å²) in [4.78, 5) is 11.9. The highest BCUT2D eigenvalue weighted by molar-refractivity contribution is 7.15. The fourth-order valence-electron chi connectivity index (χ4n) is 1.78. The van der Waals surface area contributed by atoms with Gasteiger partial charge in [-0.2, -0.15) is 0 Å². The van der Waals surface area contributed by atoms with Gasteiger partial charge in [0.25, 0.3) is 0 Å². The number of hydrogen-bond donors (Lipinski definition) is 1. The van der Waals surface area contributed by atoms with Gasteiger partial charge in [0, 0.05) is 44.5 Å². The fraction of sp³-hybridized carbons (Fsp3) is 0.385. The van der Waals surface area contributed by atoms with Crippen LogP contribution in [0.2, 0.25) is 0 Å². The van der Waals surface area contributed by atoms with Gasteiger partial charge in [0.15, 0.2) is 5.13 Å². The van der Waals surface area contributed by atoms with Crippen molar-refractivity contribution in [3.05, 3.63) is 40.7 Å². The van der Waals surface area contributed by atoms with Crippen molar-refractivity contribution in [3.8, 4) is 0 Å². The molecule has 6 heteroatoms. The molecule has 0 aromatic carbocycles. The fourth-order valence-corrected chi connectivity index (χ4v) is 2.68. The van der Waals surface area contributed by atoms with Crippen LogP contribution >= 0.6 is 11.3 Å². The number of rotatable bonds is 6. The lowest BCUT2D eigenvalue weighted by Crippen LogP contribution is -2.16. The molecule has 0 bridgehead atoms. The van der Waals surface area contributed by atoms with E-state index in [2.05, 4.69) is 20.9 Å². The van der Waals surface area contributed by atoms with E-state index in [-0.39, 0.29) is 0 Å². The zero-order chi connectivity index (χ0) is 13.7. The Bertz CT molecular complexity index is 515. The number of nitrogens with two attached hydrogens (primary N) is 1. The SMILES string of the molecule is COCc1nc(N(C)Cc2cccnc2)sc1CN. The number of thiazole rings is 1. The Morgan fingerprint density at radius 1 is 1.47 bits per heavy atom. The van der Waals surface area contributed by atoms with Crippen LogP contribution in [0.4, 0.5) is 5.13 Å². The zero-order valence-corrected chi connectivity index (χ0v) is 12.0. The van der Waals surface area contributed by atoms with Crippen molar-refractivity contribution in [3.63, 3.8) is 0 Å². The molecule has 2 rings (SSSR count). The van der Waals surface area contributed by atoms with Crippen LogP contribution < -0.4 is 10.6 Å². The smallest absolute Gasteiger partial charge is 0.185 e. The molecule has 0 amide bonds. The number of nitrogens with zero attached hydrogens (tertiary/aromatic N) is 3. The van der Waals surface area contributed by atoms with Crippen LogP contribution in [-0.4, -0.2) is 24.1 Å². The predicted molar refractivity (Wildman–Crippen MR) is 77.1 cm³/mol. The first-order valence-corrected chi connectivity index (χ1v) is 6.84. The Morgan fingerprint density at radius 2 is 2.32 bits per heavy atom. The highest BCUT2D eigenvalue weighted by Crippen LogP contribution is 2.26. The molecular weight excluding hydrogens is 260 g/mol. The van der Waals surface area contributed by atoms with Crippen molar-refractivity contribution in [1.29, 1.82) is 0 Å². The van der Waals surface area contributed by atoms with Gasteiger partial charge in [-0.15, -0.1) is 11.3 Å². The maximum Gasteiger partial charge on any atom is 0.185 e. The molecule has 0 aliphatic rings. The average molecular weight is 278 g/mol. The van der Waals surface area contributed by atoms with Crippen molar-refractivity contribution in [2.75, 3.05) is 19.1 Å². The molecule has 0 saturated carbocycles. The van der Waals surface area contributed by atoms with Crippen molar-refractivity contribution >= 4 is 16.5 Å². The third kappa shape index (κ3) is 3.50. The lowest BCUT2D eigenvalue weighted by Gasteiger charge is -2.15. The van der Waals surface area contributed by atoms with Crippen molar-refractivity contribution in [2.24, 2.45) is 5.73 Å². The molecule has 0 aliphatic carbocycles. The van der Waals surface area contributed by atoms with E-state index >= 15 is 0 Å². The first-order chi connectivity index (χ1) is 9.24. The monoisotopic (exact) mass is 278 g/mol. The van der Waals surface area contributed by atoms with Gasteiger partial charge in [0.05, 0.1) is 12.3 Å². The molecule has 2 aromatic heterocycles. The van der Waals surface area contributed by atoms with Gasteiger partial charge in [0.1, 0.15) is 0 Å². The summed E-state index contributed by atoms with van der Waals surface area (Å²) in [5.74, 6) is 0. The maximum atomic E-state index is 5.73. The van der Waals surface area contributed by atoms with Gasteiger partial charge < -0.3 is 15.4 Å². The van der Waals surface area contributed by atoms with E-state index in [0.29, 0.717) is 13.2 Å². The van der Waals surface area contributed by atoms with Gasteiger partial charge in [-0.3, -0.25) is 4.98 Å². The van der Waals surface area contributed by atoms with Crippen LogP contribution in [0.3, 0.4) is 0 Å². The first kappa shape index (κ1) is 13.9. The molecule has 19 heavy (non-hydrogen) atoms. The number of anilines is 1.